The standard InChI is InChI=1S/C25H36N4O3/c30-24(27-10-14-28-11-3-4-12-28)16-20-9-13-29-19-22(20)7-5-15-32-23-8-2-1-6-21(23)17-26-18-25(29)31/h1-2,5-8,20,22,26H,3-4,9-19H2,(H,27,30)/b7-5-/t20-,22-/m0/s1. The Labute approximate surface area is 191 Å². The fraction of sp³-hybridized carbons (Fsp3) is 0.600. The summed E-state index contributed by atoms with van der Waals surface area (Å²) in [6, 6.07) is 7.93. The van der Waals surface area contributed by atoms with E-state index in [2.05, 4.69) is 21.6 Å². The number of ether oxygens (including phenoxy) is 1. The molecule has 7 nitrogen and oxygen atoms in total. The van der Waals surface area contributed by atoms with Gasteiger partial charge in [0, 0.05) is 44.7 Å². The van der Waals surface area contributed by atoms with Crippen molar-refractivity contribution in [3.05, 3.63) is 42.0 Å². The molecule has 3 aliphatic heterocycles. The summed E-state index contributed by atoms with van der Waals surface area (Å²) in [5, 5.41) is 6.37. The van der Waals surface area contributed by atoms with Crippen LogP contribution in [-0.2, 0) is 16.1 Å². The zero-order valence-electron chi connectivity index (χ0n) is 18.9. The van der Waals surface area contributed by atoms with Crippen molar-refractivity contribution in [3.63, 3.8) is 0 Å². The number of para-hydroxylation sites is 1. The highest BCUT2D eigenvalue weighted by Crippen LogP contribution is 2.28. The molecule has 2 bridgehead atoms. The van der Waals surface area contributed by atoms with Gasteiger partial charge in [-0.15, -0.1) is 0 Å². The molecule has 0 spiro atoms. The maximum Gasteiger partial charge on any atom is 0.236 e. The second-order valence-corrected chi connectivity index (χ2v) is 9.11. The first kappa shape index (κ1) is 22.8. The van der Waals surface area contributed by atoms with Crippen LogP contribution in [0.25, 0.3) is 0 Å². The molecule has 1 aromatic carbocycles. The van der Waals surface area contributed by atoms with Crippen LogP contribution in [0.1, 0.15) is 31.2 Å². The summed E-state index contributed by atoms with van der Waals surface area (Å²) in [5.74, 6) is 1.49. The number of likely N-dealkylation sites (tertiary alicyclic amines) is 1. The number of piperidine rings is 1. The van der Waals surface area contributed by atoms with Crippen LogP contribution in [0.2, 0.25) is 0 Å². The van der Waals surface area contributed by atoms with Crippen molar-refractivity contribution in [2.75, 3.05) is 52.4 Å². The van der Waals surface area contributed by atoms with Crippen molar-refractivity contribution in [3.8, 4) is 5.75 Å². The van der Waals surface area contributed by atoms with Crippen molar-refractivity contribution in [2.45, 2.75) is 32.2 Å². The number of fused-ring (bicyclic) bond motifs is 3. The zero-order chi connectivity index (χ0) is 22.2. The number of benzene rings is 1. The molecule has 0 aromatic heterocycles. The average Bonchev–Trinajstić information content (AvgIpc) is 3.31. The van der Waals surface area contributed by atoms with Gasteiger partial charge in [0.2, 0.25) is 11.8 Å². The lowest BCUT2D eigenvalue weighted by molar-refractivity contribution is -0.132. The van der Waals surface area contributed by atoms with Crippen molar-refractivity contribution in [1.29, 1.82) is 0 Å². The molecule has 0 aliphatic carbocycles. The van der Waals surface area contributed by atoms with Crippen LogP contribution in [-0.4, -0.2) is 74.0 Å². The lowest BCUT2D eigenvalue weighted by atomic mass is 9.82. The first-order valence-electron chi connectivity index (χ1n) is 12.0. The quantitative estimate of drug-likeness (QED) is 0.683. The Bertz CT molecular complexity index is 806. The fourth-order valence-electron chi connectivity index (χ4n) is 4.97. The van der Waals surface area contributed by atoms with Gasteiger partial charge in [0.05, 0.1) is 6.54 Å². The van der Waals surface area contributed by atoms with Crippen LogP contribution in [0.5, 0.6) is 5.75 Å². The molecule has 1 aromatic rings. The minimum Gasteiger partial charge on any atom is -0.489 e. The summed E-state index contributed by atoms with van der Waals surface area (Å²) in [4.78, 5) is 29.7. The predicted octanol–water partition coefficient (Wildman–Crippen LogP) is 1.79. The van der Waals surface area contributed by atoms with E-state index in [9.17, 15) is 9.59 Å². The molecule has 7 heteroatoms. The molecule has 2 amide bonds. The maximum absolute atomic E-state index is 12.8. The van der Waals surface area contributed by atoms with Gasteiger partial charge in [0.1, 0.15) is 12.4 Å². The van der Waals surface area contributed by atoms with Crippen LogP contribution in [0.4, 0.5) is 0 Å². The van der Waals surface area contributed by atoms with Gasteiger partial charge in [-0.25, -0.2) is 0 Å². The topological polar surface area (TPSA) is 73.9 Å². The number of carbonyl (C=O) groups is 2. The molecule has 4 rings (SSSR count). The summed E-state index contributed by atoms with van der Waals surface area (Å²) >= 11 is 0. The van der Waals surface area contributed by atoms with Crippen LogP contribution in [0.15, 0.2) is 36.4 Å². The summed E-state index contributed by atoms with van der Waals surface area (Å²) in [5.41, 5.74) is 1.05. The molecule has 2 fully saturated rings. The van der Waals surface area contributed by atoms with E-state index >= 15 is 0 Å². The Morgan fingerprint density at radius 2 is 2.00 bits per heavy atom. The molecule has 2 N–H and O–H groups in total. The van der Waals surface area contributed by atoms with Gasteiger partial charge < -0.3 is 25.2 Å². The van der Waals surface area contributed by atoms with Gasteiger partial charge in [-0.05, 0) is 50.3 Å². The largest absolute Gasteiger partial charge is 0.489 e. The third-order valence-electron chi connectivity index (χ3n) is 6.84. The maximum atomic E-state index is 12.8. The van der Waals surface area contributed by atoms with Gasteiger partial charge in [-0.2, -0.15) is 0 Å². The molecule has 0 radical (unpaired) electrons. The van der Waals surface area contributed by atoms with Crippen molar-refractivity contribution >= 4 is 11.8 Å². The lowest BCUT2D eigenvalue weighted by Crippen LogP contribution is -2.47. The Balaban J connectivity index is 1.35. The van der Waals surface area contributed by atoms with Gasteiger partial charge in [0.15, 0.2) is 0 Å². The fourth-order valence-corrected chi connectivity index (χ4v) is 4.97. The van der Waals surface area contributed by atoms with Crippen molar-refractivity contribution < 1.29 is 14.3 Å². The molecule has 3 aliphatic rings. The number of rotatable bonds is 5. The highest BCUT2D eigenvalue weighted by molar-refractivity contribution is 5.79. The van der Waals surface area contributed by atoms with Crippen LogP contribution >= 0.6 is 0 Å². The van der Waals surface area contributed by atoms with Crippen molar-refractivity contribution in [1.82, 2.24) is 20.4 Å². The van der Waals surface area contributed by atoms with E-state index in [0.29, 0.717) is 39.2 Å². The predicted molar refractivity (Wildman–Crippen MR) is 124 cm³/mol. The summed E-state index contributed by atoms with van der Waals surface area (Å²) in [6.45, 7) is 6.72. The van der Waals surface area contributed by atoms with Crippen LogP contribution in [0.3, 0.4) is 0 Å². The molecular weight excluding hydrogens is 404 g/mol. The summed E-state index contributed by atoms with van der Waals surface area (Å²) in [6.07, 6.45) is 8.09. The minimum atomic E-state index is 0.120. The molecular formula is C25H36N4O3. The highest BCUT2D eigenvalue weighted by Gasteiger charge is 2.31. The Morgan fingerprint density at radius 3 is 2.88 bits per heavy atom. The third kappa shape index (κ3) is 6.33. The lowest BCUT2D eigenvalue weighted by Gasteiger charge is -2.37. The number of nitrogens with zero attached hydrogens (tertiary/aromatic N) is 2. The number of carbonyl (C=O) groups excluding carboxylic acids is 2. The summed E-state index contributed by atoms with van der Waals surface area (Å²) < 4.78 is 5.97. The van der Waals surface area contributed by atoms with E-state index in [1.165, 1.54) is 12.8 Å². The first-order valence-corrected chi connectivity index (χ1v) is 12.0. The van der Waals surface area contributed by atoms with Crippen LogP contribution in [0, 0.1) is 11.8 Å². The molecule has 174 valence electrons. The smallest absolute Gasteiger partial charge is 0.236 e. The first-order chi connectivity index (χ1) is 15.7. The monoisotopic (exact) mass is 440 g/mol. The van der Waals surface area contributed by atoms with E-state index in [1.54, 1.807) is 0 Å². The van der Waals surface area contributed by atoms with E-state index in [1.807, 2.05) is 35.2 Å². The van der Waals surface area contributed by atoms with Gasteiger partial charge in [-0.1, -0.05) is 30.4 Å². The second kappa shape index (κ2) is 11.5. The number of hydrogen-bond acceptors (Lipinski definition) is 5. The van der Waals surface area contributed by atoms with Gasteiger partial charge >= 0.3 is 0 Å². The molecule has 32 heavy (non-hydrogen) atoms. The van der Waals surface area contributed by atoms with Crippen molar-refractivity contribution in [2.24, 2.45) is 11.8 Å². The van der Waals surface area contributed by atoms with E-state index in [0.717, 1.165) is 43.9 Å². The Kier molecular flexibility index (Phi) is 8.18. The summed E-state index contributed by atoms with van der Waals surface area (Å²) in [7, 11) is 0. The Hall–Kier alpha value is -2.38. The SMILES string of the molecule is O=C(C[C@@H]1CCN2C[C@@H]1/C=C\COc1ccccc1CNCC2=O)NCCN1CCCC1. The van der Waals surface area contributed by atoms with E-state index in [-0.39, 0.29) is 23.7 Å². The molecule has 0 unspecified atom stereocenters. The Morgan fingerprint density at radius 1 is 1.16 bits per heavy atom. The molecule has 3 heterocycles. The minimum absolute atomic E-state index is 0.120. The molecule has 0 saturated carbocycles. The molecule has 2 atom stereocenters. The van der Waals surface area contributed by atoms with Crippen LogP contribution < -0.4 is 15.4 Å². The van der Waals surface area contributed by atoms with Gasteiger partial charge in [-0.3, -0.25) is 9.59 Å². The highest BCUT2D eigenvalue weighted by atomic mass is 16.5. The third-order valence-corrected chi connectivity index (χ3v) is 6.84. The van der Waals surface area contributed by atoms with E-state index in [4.69, 9.17) is 4.74 Å². The van der Waals surface area contributed by atoms with Gasteiger partial charge in [0.25, 0.3) is 0 Å². The zero-order valence-corrected chi connectivity index (χ0v) is 18.9. The number of hydrogen-bond donors (Lipinski definition) is 2. The number of amides is 2. The van der Waals surface area contributed by atoms with E-state index < -0.39 is 0 Å². The normalized spacial score (nSPS) is 25.6. The molecule has 2 saturated heterocycles. The number of nitrogens with one attached hydrogen (secondary N) is 2. The second-order valence-electron chi connectivity index (χ2n) is 9.11. The average molecular weight is 441 g/mol.